The van der Waals surface area contributed by atoms with Gasteiger partial charge in [0.15, 0.2) is 0 Å². The molecule has 0 radical (unpaired) electrons. The molecule has 104 valence electrons. The van der Waals surface area contributed by atoms with Crippen LogP contribution in [0.15, 0.2) is 36.4 Å². The van der Waals surface area contributed by atoms with Crippen LogP contribution in [-0.2, 0) is 6.61 Å². The third-order valence-corrected chi connectivity index (χ3v) is 3.11. The Morgan fingerprint density at radius 2 is 1.95 bits per heavy atom. The van der Waals surface area contributed by atoms with E-state index in [9.17, 15) is 8.78 Å². The molecule has 0 bridgehead atoms. The Labute approximate surface area is 121 Å². The van der Waals surface area contributed by atoms with Crippen LogP contribution in [-0.4, -0.2) is 4.99 Å². The lowest BCUT2D eigenvalue weighted by molar-refractivity contribution is 0.296. The standard InChI is InChI=1S/C15H13F2NOS/c1-9-2-5-12(16)7-14(9)19-8-11-4-3-10(15(18)20)6-13(11)17/h2-7H,8H2,1H3,(H2,18,20). The maximum absolute atomic E-state index is 13.8. The molecule has 0 aliphatic heterocycles. The molecule has 5 heteroatoms. The SMILES string of the molecule is Cc1ccc(F)cc1OCc1ccc(C(N)=S)cc1F. The molecule has 2 nitrogen and oxygen atoms in total. The number of rotatable bonds is 4. The van der Waals surface area contributed by atoms with Crippen LogP contribution >= 0.6 is 12.2 Å². The van der Waals surface area contributed by atoms with Crippen LogP contribution in [0, 0.1) is 18.6 Å². The molecule has 20 heavy (non-hydrogen) atoms. The van der Waals surface area contributed by atoms with E-state index in [-0.39, 0.29) is 11.6 Å². The van der Waals surface area contributed by atoms with Crippen LogP contribution in [0.2, 0.25) is 0 Å². The van der Waals surface area contributed by atoms with E-state index in [0.29, 0.717) is 16.9 Å². The molecule has 0 spiro atoms. The van der Waals surface area contributed by atoms with Gasteiger partial charge in [0.2, 0.25) is 0 Å². The summed E-state index contributed by atoms with van der Waals surface area (Å²) in [5, 5.41) is 0. The topological polar surface area (TPSA) is 35.2 Å². The summed E-state index contributed by atoms with van der Waals surface area (Å²) < 4.78 is 32.4. The van der Waals surface area contributed by atoms with Gasteiger partial charge in [0.05, 0.1) is 0 Å². The third kappa shape index (κ3) is 3.30. The van der Waals surface area contributed by atoms with Crippen LogP contribution in [0.4, 0.5) is 8.78 Å². The molecule has 0 amide bonds. The molecule has 0 aliphatic rings. The predicted octanol–water partition coefficient (Wildman–Crippen LogP) is 3.49. The minimum atomic E-state index is -0.454. The van der Waals surface area contributed by atoms with Crippen molar-refractivity contribution in [2.45, 2.75) is 13.5 Å². The molecule has 0 atom stereocenters. The highest BCUT2D eigenvalue weighted by Crippen LogP contribution is 2.21. The maximum Gasteiger partial charge on any atom is 0.130 e. The first-order chi connectivity index (χ1) is 9.47. The normalized spacial score (nSPS) is 10.3. The molecule has 0 unspecified atom stereocenters. The summed E-state index contributed by atoms with van der Waals surface area (Å²) in [7, 11) is 0. The van der Waals surface area contributed by atoms with Crippen molar-refractivity contribution in [3.05, 3.63) is 64.7 Å². The average molecular weight is 293 g/mol. The van der Waals surface area contributed by atoms with Gasteiger partial charge in [-0.15, -0.1) is 0 Å². The number of nitrogens with two attached hydrogens (primary N) is 1. The molecular weight excluding hydrogens is 280 g/mol. The molecule has 0 aliphatic carbocycles. The van der Waals surface area contributed by atoms with Gasteiger partial charge in [-0.3, -0.25) is 0 Å². The first kappa shape index (κ1) is 14.4. The summed E-state index contributed by atoms with van der Waals surface area (Å²) in [6.45, 7) is 1.80. The molecule has 2 aromatic rings. The fourth-order valence-corrected chi connectivity index (χ4v) is 1.83. The molecule has 2 rings (SSSR count). The van der Waals surface area contributed by atoms with Crippen molar-refractivity contribution < 1.29 is 13.5 Å². The fourth-order valence-electron chi connectivity index (χ4n) is 1.70. The van der Waals surface area contributed by atoms with Crippen LogP contribution in [0.25, 0.3) is 0 Å². The summed E-state index contributed by atoms with van der Waals surface area (Å²) in [5.41, 5.74) is 7.03. The molecule has 0 fully saturated rings. The highest BCUT2D eigenvalue weighted by atomic mass is 32.1. The zero-order valence-corrected chi connectivity index (χ0v) is 11.6. The van der Waals surface area contributed by atoms with Gasteiger partial charge in [0, 0.05) is 17.2 Å². The quantitative estimate of drug-likeness (QED) is 0.877. The number of aryl methyl sites for hydroxylation is 1. The van der Waals surface area contributed by atoms with Crippen molar-refractivity contribution in [2.75, 3.05) is 0 Å². The third-order valence-electron chi connectivity index (χ3n) is 2.87. The lowest BCUT2D eigenvalue weighted by atomic mass is 10.1. The fraction of sp³-hybridized carbons (Fsp3) is 0.133. The lowest BCUT2D eigenvalue weighted by Gasteiger charge is -2.10. The van der Waals surface area contributed by atoms with E-state index in [4.69, 9.17) is 22.7 Å². The molecular formula is C15H13F2NOS. The minimum absolute atomic E-state index is 0.00768. The Bertz CT molecular complexity index is 658. The first-order valence-electron chi connectivity index (χ1n) is 5.94. The molecule has 2 aromatic carbocycles. The van der Waals surface area contributed by atoms with Crippen LogP contribution < -0.4 is 10.5 Å². The number of hydrogen-bond donors (Lipinski definition) is 1. The highest BCUT2D eigenvalue weighted by Gasteiger charge is 2.07. The van der Waals surface area contributed by atoms with Gasteiger partial charge in [-0.05, 0) is 24.6 Å². The van der Waals surface area contributed by atoms with Crippen molar-refractivity contribution in [3.63, 3.8) is 0 Å². The molecule has 0 aromatic heterocycles. The number of thiocarbonyl (C=S) groups is 1. The largest absolute Gasteiger partial charge is 0.488 e. The number of hydrogen-bond acceptors (Lipinski definition) is 2. The van der Waals surface area contributed by atoms with E-state index in [0.717, 1.165) is 5.56 Å². The van der Waals surface area contributed by atoms with E-state index in [1.54, 1.807) is 25.1 Å². The van der Waals surface area contributed by atoms with Gasteiger partial charge >= 0.3 is 0 Å². The van der Waals surface area contributed by atoms with Gasteiger partial charge in [0.1, 0.15) is 29.0 Å². The highest BCUT2D eigenvalue weighted by molar-refractivity contribution is 7.80. The van der Waals surface area contributed by atoms with Crippen molar-refractivity contribution in [2.24, 2.45) is 5.73 Å². The van der Waals surface area contributed by atoms with Crippen LogP contribution in [0.5, 0.6) is 5.75 Å². The molecule has 0 saturated heterocycles. The second kappa shape index (κ2) is 5.96. The first-order valence-corrected chi connectivity index (χ1v) is 6.35. The minimum Gasteiger partial charge on any atom is -0.488 e. The summed E-state index contributed by atoms with van der Waals surface area (Å²) in [4.78, 5) is 0.136. The van der Waals surface area contributed by atoms with E-state index < -0.39 is 11.6 Å². The molecule has 2 N–H and O–H groups in total. The Morgan fingerprint density at radius 3 is 2.60 bits per heavy atom. The predicted molar refractivity (Wildman–Crippen MR) is 77.8 cm³/mol. The van der Waals surface area contributed by atoms with E-state index >= 15 is 0 Å². The summed E-state index contributed by atoms with van der Waals surface area (Å²) in [6, 6.07) is 8.67. The van der Waals surface area contributed by atoms with Gasteiger partial charge in [0.25, 0.3) is 0 Å². The Balaban J connectivity index is 2.15. The second-order valence-corrected chi connectivity index (χ2v) is 4.81. The van der Waals surface area contributed by atoms with E-state index in [1.807, 2.05) is 0 Å². The Morgan fingerprint density at radius 1 is 1.20 bits per heavy atom. The number of ether oxygens (including phenoxy) is 1. The molecule has 0 saturated carbocycles. The summed E-state index contributed by atoms with van der Waals surface area (Å²) >= 11 is 4.78. The summed E-state index contributed by atoms with van der Waals surface area (Å²) in [6.07, 6.45) is 0. The zero-order chi connectivity index (χ0) is 14.7. The van der Waals surface area contributed by atoms with Crippen molar-refractivity contribution >= 4 is 17.2 Å². The van der Waals surface area contributed by atoms with Crippen molar-refractivity contribution in [1.29, 1.82) is 0 Å². The van der Waals surface area contributed by atoms with Crippen molar-refractivity contribution in [3.8, 4) is 5.75 Å². The Hall–Kier alpha value is -2.01. The van der Waals surface area contributed by atoms with Crippen molar-refractivity contribution in [1.82, 2.24) is 0 Å². The molecule has 0 heterocycles. The number of benzene rings is 2. The van der Waals surface area contributed by atoms with Gasteiger partial charge in [-0.1, -0.05) is 30.4 Å². The smallest absolute Gasteiger partial charge is 0.130 e. The van der Waals surface area contributed by atoms with Crippen LogP contribution in [0.1, 0.15) is 16.7 Å². The Kier molecular flexibility index (Phi) is 4.29. The summed E-state index contributed by atoms with van der Waals surface area (Å²) in [5.74, 6) is -0.456. The number of halogens is 2. The maximum atomic E-state index is 13.8. The second-order valence-electron chi connectivity index (χ2n) is 4.37. The van der Waals surface area contributed by atoms with Gasteiger partial charge in [-0.25, -0.2) is 8.78 Å². The zero-order valence-electron chi connectivity index (χ0n) is 10.8. The van der Waals surface area contributed by atoms with Gasteiger partial charge in [-0.2, -0.15) is 0 Å². The lowest BCUT2D eigenvalue weighted by Crippen LogP contribution is -2.10. The average Bonchev–Trinajstić information content (AvgIpc) is 2.40. The van der Waals surface area contributed by atoms with E-state index in [2.05, 4.69) is 0 Å². The van der Waals surface area contributed by atoms with Crippen LogP contribution in [0.3, 0.4) is 0 Å². The van der Waals surface area contributed by atoms with E-state index in [1.165, 1.54) is 18.2 Å². The van der Waals surface area contributed by atoms with Gasteiger partial charge < -0.3 is 10.5 Å². The monoisotopic (exact) mass is 293 g/mol.